The number of thioether (sulfide) groups is 1. The van der Waals surface area contributed by atoms with Gasteiger partial charge in [0.1, 0.15) is 0 Å². The van der Waals surface area contributed by atoms with Crippen molar-refractivity contribution in [2.45, 2.75) is 36.8 Å². The molecule has 142 valence electrons. The van der Waals surface area contributed by atoms with Gasteiger partial charge < -0.3 is 10.6 Å². The van der Waals surface area contributed by atoms with Crippen molar-refractivity contribution in [2.24, 2.45) is 5.92 Å². The lowest BCUT2D eigenvalue weighted by molar-refractivity contribution is -0.117. The molecule has 0 heterocycles. The number of amides is 2. The molecule has 2 N–H and O–H groups in total. The Balaban J connectivity index is 1.67. The molecule has 1 aliphatic rings. The number of carbonyl (C=O) groups is 2. The maximum atomic E-state index is 12.6. The molecular weight excluding hydrogens is 403 g/mol. The topological polar surface area (TPSA) is 58.2 Å². The zero-order valence-electron chi connectivity index (χ0n) is 15.0. The van der Waals surface area contributed by atoms with Gasteiger partial charge in [0, 0.05) is 27.2 Å². The summed E-state index contributed by atoms with van der Waals surface area (Å²) in [5.74, 6) is 0.0173. The number of carbonyl (C=O) groups excluding carboxylic acids is 2. The molecule has 1 aliphatic carbocycles. The van der Waals surface area contributed by atoms with Gasteiger partial charge in [0.2, 0.25) is 11.8 Å². The van der Waals surface area contributed by atoms with E-state index in [2.05, 4.69) is 10.6 Å². The molecule has 2 amide bonds. The summed E-state index contributed by atoms with van der Waals surface area (Å²) in [7, 11) is 0. The Hall–Kier alpha value is -1.69. The molecule has 27 heavy (non-hydrogen) atoms. The first-order chi connectivity index (χ1) is 12.8. The summed E-state index contributed by atoms with van der Waals surface area (Å²) < 4.78 is 0. The predicted octanol–water partition coefficient (Wildman–Crippen LogP) is 5.77. The van der Waals surface area contributed by atoms with Gasteiger partial charge in [0.15, 0.2) is 0 Å². The van der Waals surface area contributed by atoms with Crippen molar-refractivity contribution < 1.29 is 9.59 Å². The maximum Gasteiger partial charge on any atom is 0.237 e. The Kier molecular flexibility index (Phi) is 6.35. The lowest BCUT2D eigenvalue weighted by Crippen LogP contribution is -2.23. The lowest BCUT2D eigenvalue weighted by Gasteiger charge is -2.15. The highest BCUT2D eigenvalue weighted by atomic mass is 35.5. The third-order valence-corrected chi connectivity index (χ3v) is 6.11. The van der Waals surface area contributed by atoms with Crippen LogP contribution >= 0.6 is 35.0 Å². The molecule has 1 unspecified atom stereocenters. The van der Waals surface area contributed by atoms with Gasteiger partial charge in [-0.15, -0.1) is 11.8 Å². The molecule has 0 spiro atoms. The minimum atomic E-state index is -0.370. The van der Waals surface area contributed by atoms with Crippen LogP contribution in [-0.4, -0.2) is 17.1 Å². The van der Waals surface area contributed by atoms with Crippen LogP contribution in [-0.2, 0) is 9.59 Å². The molecule has 0 aliphatic heterocycles. The first-order valence-corrected chi connectivity index (χ1v) is 10.3. The van der Waals surface area contributed by atoms with Crippen molar-refractivity contribution in [3.8, 4) is 0 Å². The van der Waals surface area contributed by atoms with Gasteiger partial charge in [-0.05, 0) is 62.6 Å². The minimum absolute atomic E-state index is 0.0376. The summed E-state index contributed by atoms with van der Waals surface area (Å²) in [6.07, 6.45) is 1.89. The van der Waals surface area contributed by atoms with Gasteiger partial charge in [-0.2, -0.15) is 0 Å². The van der Waals surface area contributed by atoms with Gasteiger partial charge in [-0.3, -0.25) is 9.59 Å². The number of benzene rings is 2. The minimum Gasteiger partial charge on any atom is -0.326 e. The highest BCUT2D eigenvalue weighted by Gasteiger charge is 2.29. The van der Waals surface area contributed by atoms with Gasteiger partial charge in [0.05, 0.1) is 10.3 Å². The Morgan fingerprint density at radius 2 is 1.85 bits per heavy atom. The van der Waals surface area contributed by atoms with E-state index in [4.69, 9.17) is 23.2 Å². The molecule has 3 rings (SSSR count). The summed E-state index contributed by atoms with van der Waals surface area (Å²) >= 11 is 13.5. The van der Waals surface area contributed by atoms with Crippen molar-refractivity contribution >= 4 is 58.2 Å². The van der Waals surface area contributed by atoms with Crippen LogP contribution in [0.25, 0.3) is 0 Å². The molecule has 0 saturated heterocycles. The van der Waals surface area contributed by atoms with E-state index in [1.165, 1.54) is 11.8 Å². The highest BCUT2D eigenvalue weighted by molar-refractivity contribution is 8.00. The van der Waals surface area contributed by atoms with Crippen molar-refractivity contribution in [3.05, 3.63) is 52.0 Å². The van der Waals surface area contributed by atoms with Crippen LogP contribution in [0.15, 0.2) is 41.3 Å². The first kappa shape index (κ1) is 20.1. The van der Waals surface area contributed by atoms with Gasteiger partial charge in [-0.25, -0.2) is 0 Å². The van der Waals surface area contributed by atoms with Crippen LogP contribution in [0, 0.1) is 12.8 Å². The van der Waals surface area contributed by atoms with Crippen LogP contribution in [0.5, 0.6) is 0 Å². The monoisotopic (exact) mass is 422 g/mol. The highest BCUT2D eigenvalue weighted by Crippen LogP contribution is 2.34. The normalized spacial score (nSPS) is 14.5. The van der Waals surface area contributed by atoms with Crippen molar-refractivity contribution in [2.75, 3.05) is 10.6 Å². The fourth-order valence-corrected chi connectivity index (χ4v) is 3.88. The van der Waals surface area contributed by atoms with E-state index in [1.807, 2.05) is 26.0 Å². The molecule has 1 atom stereocenters. The van der Waals surface area contributed by atoms with Crippen LogP contribution in [0.4, 0.5) is 11.4 Å². The molecule has 2 aromatic carbocycles. The number of anilines is 2. The number of nitrogens with one attached hydrogen (secondary N) is 2. The molecule has 2 aromatic rings. The smallest absolute Gasteiger partial charge is 0.237 e. The first-order valence-electron chi connectivity index (χ1n) is 8.67. The van der Waals surface area contributed by atoms with E-state index in [0.29, 0.717) is 21.4 Å². The number of hydrogen-bond donors (Lipinski definition) is 2. The fourth-order valence-electron chi connectivity index (χ4n) is 2.47. The summed E-state index contributed by atoms with van der Waals surface area (Å²) in [5, 5.41) is 6.60. The van der Waals surface area contributed by atoms with Gasteiger partial charge in [0.25, 0.3) is 0 Å². The molecular formula is C20H20Cl2N2O2S. The average Bonchev–Trinajstić information content (AvgIpc) is 3.46. The largest absolute Gasteiger partial charge is 0.326 e. The standard InChI is InChI=1S/C20H20Cl2N2O2S/c1-11-3-7-15(23-20(26)13-4-5-13)10-17(11)24-19(25)12(2)27-18-9-14(21)6-8-16(18)22/h3,6-10,12-13H,4-5H2,1-2H3,(H,23,26)(H,24,25). The summed E-state index contributed by atoms with van der Waals surface area (Å²) in [6, 6.07) is 10.7. The second-order valence-electron chi connectivity index (χ2n) is 6.62. The third-order valence-electron chi connectivity index (χ3n) is 4.28. The number of rotatable bonds is 6. The summed E-state index contributed by atoms with van der Waals surface area (Å²) in [4.78, 5) is 25.3. The van der Waals surface area contributed by atoms with Crippen molar-refractivity contribution in [1.29, 1.82) is 0 Å². The lowest BCUT2D eigenvalue weighted by atomic mass is 10.1. The van der Waals surface area contributed by atoms with Crippen molar-refractivity contribution in [3.63, 3.8) is 0 Å². The SMILES string of the molecule is Cc1ccc(NC(=O)C2CC2)cc1NC(=O)C(C)Sc1cc(Cl)ccc1Cl. The molecule has 7 heteroatoms. The Morgan fingerprint density at radius 1 is 1.11 bits per heavy atom. The zero-order valence-corrected chi connectivity index (χ0v) is 17.3. The number of halogens is 2. The quantitative estimate of drug-likeness (QED) is 0.580. The maximum absolute atomic E-state index is 12.6. The second kappa shape index (κ2) is 8.55. The Bertz CT molecular complexity index is 884. The third kappa shape index (κ3) is 5.41. The number of hydrogen-bond acceptors (Lipinski definition) is 3. The van der Waals surface area contributed by atoms with Gasteiger partial charge >= 0.3 is 0 Å². The van der Waals surface area contributed by atoms with Crippen LogP contribution in [0.1, 0.15) is 25.3 Å². The number of aryl methyl sites for hydroxylation is 1. The van der Waals surface area contributed by atoms with Gasteiger partial charge in [-0.1, -0.05) is 29.3 Å². The van der Waals surface area contributed by atoms with Crippen LogP contribution in [0.3, 0.4) is 0 Å². The van der Waals surface area contributed by atoms with E-state index in [1.54, 1.807) is 24.3 Å². The van der Waals surface area contributed by atoms with E-state index < -0.39 is 0 Å². The van der Waals surface area contributed by atoms with E-state index in [0.717, 1.165) is 23.3 Å². The van der Waals surface area contributed by atoms with E-state index in [9.17, 15) is 9.59 Å². The Labute approximate surface area is 173 Å². The molecule has 0 aromatic heterocycles. The zero-order chi connectivity index (χ0) is 19.6. The van der Waals surface area contributed by atoms with Crippen LogP contribution < -0.4 is 10.6 Å². The molecule has 0 bridgehead atoms. The van der Waals surface area contributed by atoms with E-state index in [-0.39, 0.29) is 23.0 Å². The molecule has 4 nitrogen and oxygen atoms in total. The predicted molar refractivity (Wildman–Crippen MR) is 113 cm³/mol. The fraction of sp³-hybridized carbons (Fsp3) is 0.300. The van der Waals surface area contributed by atoms with E-state index >= 15 is 0 Å². The average molecular weight is 423 g/mol. The van der Waals surface area contributed by atoms with Crippen LogP contribution in [0.2, 0.25) is 10.0 Å². The molecule has 0 radical (unpaired) electrons. The molecule has 1 saturated carbocycles. The molecule has 1 fully saturated rings. The summed E-state index contributed by atoms with van der Waals surface area (Å²) in [5.41, 5.74) is 2.29. The van der Waals surface area contributed by atoms with Crippen molar-refractivity contribution in [1.82, 2.24) is 0 Å². The summed E-state index contributed by atoms with van der Waals surface area (Å²) in [6.45, 7) is 3.72. The Morgan fingerprint density at radius 3 is 2.56 bits per heavy atom. The second-order valence-corrected chi connectivity index (χ2v) is 8.84.